The lowest BCUT2D eigenvalue weighted by Gasteiger charge is -2.29. The first-order valence-electron chi connectivity index (χ1n) is 12.6. The largest absolute Gasteiger partial charge is 0.355 e. The Labute approximate surface area is 206 Å². The van der Waals surface area contributed by atoms with Crippen molar-refractivity contribution in [3.8, 4) is 0 Å². The summed E-state index contributed by atoms with van der Waals surface area (Å²) in [6.07, 6.45) is 7.18. The molecule has 0 radical (unpaired) electrons. The molecule has 0 spiro atoms. The van der Waals surface area contributed by atoms with Gasteiger partial charge in [0, 0.05) is 39.1 Å². The lowest BCUT2D eigenvalue weighted by Crippen LogP contribution is -2.28. The van der Waals surface area contributed by atoms with E-state index >= 15 is 0 Å². The Morgan fingerprint density at radius 3 is 2.34 bits per heavy atom. The molecule has 2 nitrogen and oxygen atoms in total. The van der Waals surface area contributed by atoms with Crippen molar-refractivity contribution in [3.63, 3.8) is 0 Å². The minimum atomic E-state index is 0.295. The van der Waals surface area contributed by atoms with Gasteiger partial charge in [0.05, 0.1) is 6.04 Å². The molecule has 1 aliphatic carbocycles. The normalized spacial score (nSPS) is 18.8. The van der Waals surface area contributed by atoms with Crippen molar-refractivity contribution >= 4 is 38.8 Å². The standard InChI is InChI=1S/C33H28N2/c1-21(2)22-12-15-30-27(18-22)28-19-23(13-16-31(28)34-30)24-14-17-33-29(20-24)26-10-6-7-11-32(26)35(33)25-8-4-3-5-9-25/h3-21,29,33-34H,1-2H3. The fourth-order valence-electron chi connectivity index (χ4n) is 5.89. The minimum Gasteiger partial charge on any atom is -0.355 e. The fourth-order valence-corrected chi connectivity index (χ4v) is 5.89. The van der Waals surface area contributed by atoms with E-state index in [0.29, 0.717) is 17.9 Å². The number of allylic oxidation sites excluding steroid dienone is 2. The van der Waals surface area contributed by atoms with Gasteiger partial charge in [-0.1, -0.05) is 80.6 Å². The Kier molecular flexibility index (Phi) is 4.50. The number of rotatable bonds is 3. The molecule has 4 aromatic carbocycles. The molecule has 0 saturated carbocycles. The Bertz CT molecular complexity index is 1630. The second-order valence-electron chi connectivity index (χ2n) is 10.1. The van der Waals surface area contributed by atoms with Crippen molar-refractivity contribution in [1.29, 1.82) is 0 Å². The van der Waals surface area contributed by atoms with Gasteiger partial charge in [0.15, 0.2) is 0 Å². The Hall–Kier alpha value is -4.04. The molecular weight excluding hydrogens is 424 g/mol. The summed E-state index contributed by atoms with van der Waals surface area (Å²) in [6.45, 7) is 4.52. The molecule has 1 aromatic heterocycles. The van der Waals surface area contributed by atoms with E-state index in [0.717, 1.165) is 0 Å². The predicted octanol–water partition coefficient (Wildman–Crippen LogP) is 8.70. The summed E-state index contributed by atoms with van der Waals surface area (Å²) < 4.78 is 0. The summed E-state index contributed by atoms with van der Waals surface area (Å²) >= 11 is 0. The number of anilines is 2. The van der Waals surface area contributed by atoms with Gasteiger partial charge >= 0.3 is 0 Å². The minimum absolute atomic E-state index is 0.295. The summed E-state index contributed by atoms with van der Waals surface area (Å²) in [5.74, 6) is 0.848. The molecule has 0 amide bonds. The maximum absolute atomic E-state index is 3.60. The van der Waals surface area contributed by atoms with Crippen molar-refractivity contribution < 1.29 is 0 Å². The van der Waals surface area contributed by atoms with Gasteiger partial charge in [0.25, 0.3) is 0 Å². The van der Waals surface area contributed by atoms with Crippen LogP contribution in [0.4, 0.5) is 11.4 Å². The Morgan fingerprint density at radius 1 is 0.771 bits per heavy atom. The van der Waals surface area contributed by atoms with Crippen LogP contribution in [0.15, 0.2) is 109 Å². The van der Waals surface area contributed by atoms with Gasteiger partial charge in [0.2, 0.25) is 0 Å². The summed E-state index contributed by atoms with van der Waals surface area (Å²) in [6, 6.07) is 33.6. The molecule has 2 aliphatic rings. The zero-order valence-corrected chi connectivity index (χ0v) is 20.1. The molecular formula is C33H28N2. The number of benzene rings is 4. The smallest absolute Gasteiger partial charge is 0.0630 e. The number of fused-ring (bicyclic) bond motifs is 6. The Morgan fingerprint density at radius 2 is 1.51 bits per heavy atom. The van der Waals surface area contributed by atoms with Gasteiger partial charge in [-0.2, -0.15) is 0 Å². The molecule has 1 N–H and O–H groups in total. The molecule has 2 atom stereocenters. The number of aromatic amines is 1. The molecule has 170 valence electrons. The first-order valence-corrected chi connectivity index (χ1v) is 12.6. The van der Waals surface area contributed by atoms with Crippen LogP contribution >= 0.6 is 0 Å². The summed E-state index contributed by atoms with van der Waals surface area (Å²) in [5, 5.41) is 2.61. The van der Waals surface area contributed by atoms with Crippen LogP contribution in [0.25, 0.3) is 27.4 Å². The third-order valence-electron chi connectivity index (χ3n) is 7.71. The first-order chi connectivity index (χ1) is 17.2. The molecule has 5 aromatic rings. The van der Waals surface area contributed by atoms with Crippen LogP contribution in [0.3, 0.4) is 0 Å². The van der Waals surface area contributed by atoms with Crippen molar-refractivity contribution in [1.82, 2.24) is 4.98 Å². The number of aromatic nitrogens is 1. The van der Waals surface area contributed by atoms with E-state index in [-0.39, 0.29) is 0 Å². The van der Waals surface area contributed by atoms with Crippen LogP contribution in [0.5, 0.6) is 0 Å². The highest BCUT2D eigenvalue weighted by molar-refractivity contribution is 6.08. The van der Waals surface area contributed by atoms with Crippen LogP contribution in [-0.4, -0.2) is 11.0 Å². The number of H-pyrrole nitrogens is 1. The van der Waals surface area contributed by atoms with Gasteiger partial charge in [-0.15, -0.1) is 0 Å². The van der Waals surface area contributed by atoms with E-state index in [4.69, 9.17) is 0 Å². The van der Waals surface area contributed by atoms with Crippen LogP contribution in [0.1, 0.15) is 42.4 Å². The highest BCUT2D eigenvalue weighted by Crippen LogP contribution is 2.49. The summed E-state index contributed by atoms with van der Waals surface area (Å²) in [4.78, 5) is 6.09. The molecule has 35 heavy (non-hydrogen) atoms. The van der Waals surface area contributed by atoms with Crippen molar-refractivity contribution in [3.05, 3.63) is 126 Å². The van der Waals surface area contributed by atoms with Crippen LogP contribution < -0.4 is 4.90 Å². The third-order valence-corrected chi connectivity index (χ3v) is 7.71. The Balaban J connectivity index is 1.33. The second kappa shape index (κ2) is 7.74. The van der Waals surface area contributed by atoms with Crippen LogP contribution in [-0.2, 0) is 0 Å². The van der Waals surface area contributed by atoms with Crippen molar-refractivity contribution in [2.75, 3.05) is 4.90 Å². The van der Waals surface area contributed by atoms with E-state index in [1.54, 1.807) is 0 Å². The zero-order chi connectivity index (χ0) is 23.5. The highest BCUT2D eigenvalue weighted by atomic mass is 15.2. The van der Waals surface area contributed by atoms with E-state index in [1.807, 2.05) is 0 Å². The molecule has 0 bridgehead atoms. The third kappa shape index (κ3) is 3.17. The summed E-state index contributed by atoms with van der Waals surface area (Å²) in [5.41, 5.74) is 10.3. The van der Waals surface area contributed by atoms with Gasteiger partial charge in [-0.25, -0.2) is 0 Å². The molecule has 2 unspecified atom stereocenters. The number of nitrogens with zero attached hydrogens (tertiary/aromatic N) is 1. The van der Waals surface area contributed by atoms with E-state index in [2.05, 4.69) is 133 Å². The van der Waals surface area contributed by atoms with Crippen molar-refractivity contribution in [2.45, 2.75) is 31.7 Å². The molecule has 0 fully saturated rings. The highest BCUT2D eigenvalue weighted by Gasteiger charge is 2.38. The number of hydrogen-bond acceptors (Lipinski definition) is 1. The topological polar surface area (TPSA) is 19.0 Å². The van der Waals surface area contributed by atoms with Gasteiger partial charge in [-0.3, -0.25) is 0 Å². The molecule has 0 saturated heterocycles. The van der Waals surface area contributed by atoms with Crippen LogP contribution in [0.2, 0.25) is 0 Å². The lowest BCUT2D eigenvalue weighted by molar-refractivity contribution is 0.747. The predicted molar refractivity (Wildman–Crippen MR) is 149 cm³/mol. The molecule has 1 aliphatic heterocycles. The molecule has 7 rings (SSSR count). The summed E-state index contributed by atoms with van der Waals surface area (Å²) in [7, 11) is 0. The average Bonchev–Trinajstić information content (AvgIpc) is 3.43. The van der Waals surface area contributed by atoms with E-state index in [1.165, 1.54) is 55.4 Å². The first kappa shape index (κ1) is 20.3. The quantitative estimate of drug-likeness (QED) is 0.290. The van der Waals surface area contributed by atoms with E-state index in [9.17, 15) is 0 Å². The zero-order valence-electron chi connectivity index (χ0n) is 20.1. The SMILES string of the molecule is CC(C)c1ccc2[nH]c3ccc(C4=CC5c6ccccc6N(c6ccccc6)C5C=C4)cc3c2c1. The molecule has 2 heteroatoms. The second-order valence-corrected chi connectivity index (χ2v) is 10.1. The maximum atomic E-state index is 3.60. The number of nitrogens with one attached hydrogen (secondary N) is 1. The number of para-hydroxylation sites is 2. The lowest BCUT2D eigenvalue weighted by atomic mass is 9.86. The average molecular weight is 453 g/mol. The van der Waals surface area contributed by atoms with Gasteiger partial charge < -0.3 is 9.88 Å². The fraction of sp³-hybridized carbons (Fsp3) is 0.152. The molecule has 2 heterocycles. The van der Waals surface area contributed by atoms with Gasteiger partial charge in [0.1, 0.15) is 0 Å². The van der Waals surface area contributed by atoms with Crippen molar-refractivity contribution in [2.24, 2.45) is 0 Å². The van der Waals surface area contributed by atoms with E-state index < -0.39 is 0 Å². The monoisotopic (exact) mass is 452 g/mol. The maximum Gasteiger partial charge on any atom is 0.0630 e. The van der Waals surface area contributed by atoms with Crippen LogP contribution in [0, 0.1) is 0 Å². The van der Waals surface area contributed by atoms with Gasteiger partial charge in [-0.05, 0) is 70.6 Å². The number of hydrogen-bond donors (Lipinski definition) is 1.